The van der Waals surface area contributed by atoms with Crippen molar-refractivity contribution >= 4 is 39.2 Å². The summed E-state index contributed by atoms with van der Waals surface area (Å²) in [5, 5.41) is 7.86. The molecular formula is C19H18N2O6S. The fourth-order valence-electron chi connectivity index (χ4n) is 2.71. The lowest BCUT2D eigenvalue weighted by Crippen LogP contribution is -2.24. The molecule has 8 nitrogen and oxygen atoms in total. The molecule has 3 rings (SSSR count). The van der Waals surface area contributed by atoms with Crippen molar-refractivity contribution in [3.05, 3.63) is 53.6 Å². The number of hydrogen-bond donors (Lipinski definition) is 2. The van der Waals surface area contributed by atoms with Crippen LogP contribution in [0, 0.1) is 0 Å². The van der Waals surface area contributed by atoms with Crippen molar-refractivity contribution in [1.82, 2.24) is 0 Å². The molecule has 1 amide bonds. The maximum atomic E-state index is 12.3. The van der Waals surface area contributed by atoms with Crippen molar-refractivity contribution in [1.29, 1.82) is 0 Å². The third-order valence-corrected chi connectivity index (χ3v) is 5.05. The quantitative estimate of drug-likeness (QED) is 0.580. The summed E-state index contributed by atoms with van der Waals surface area (Å²) < 4.78 is 33.2. The van der Waals surface area contributed by atoms with Crippen molar-refractivity contribution in [2.24, 2.45) is 5.14 Å². The van der Waals surface area contributed by atoms with Crippen LogP contribution in [0.3, 0.4) is 0 Å². The first-order chi connectivity index (χ1) is 13.2. The molecule has 1 aliphatic rings. The molecule has 146 valence electrons. The molecule has 0 aromatic heterocycles. The zero-order valence-corrected chi connectivity index (χ0v) is 15.9. The first-order valence-corrected chi connectivity index (χ1v) is 9.78. The molecule has 0 saturated heterocycles. The molecule has 0 fully saturated rings. The van der Waals surface area contributed by atoms with E-state index < -0.39 is 22.1 Å². The van der Waals surface area contributed by atoms with Gasteiger partial charge in [-0.05, 0) is 48.9 Å². The summed E-state index contributed by atoms with van der Waals surface area (Å²) in [6.07, 6.45) is 0.875. The number of carbonyl (C=O) groups excluding carboxylic acids is 2. The number of primary sulfonamides is 1. The highest BCUT2D eigenvalue weighted by Gasteiger charge is 2.25. The Hall–Kier alpha value is -3.17. The van der Waals surface area contributed by atoms with E-state index in [-0.39, 0.29) is 10.8 Å². The van der Waals surface area contributed by atoms with Gasteiger partial charge < -0.3 is 14.8 Å². The molecule has 2 aromatic rings. The number of nitrogens with one attached hydrogen (secondary N) is 1. The van der Waals surface area contributed by atoms with Crippen LogP contribution in [0.4, 0.5) is 5.69 Å². The zero-order chi connectivity index (χ0) is 20.5. The Bertz CT molecular complexity index is 1070. The van der Waals surface area contributed by atoms with E-state index in [0.717, 1.165) is 0 Å². The predicted molar refractivity (Wildman–Crippen MR) is 103 cm³/mol. The van der Waals surface area contributed by atoms with Gasteiger partial charge in [0.2, 0.25) is 10.0 Å². The Morgan fingerprint density at radius 2 is 1.86 bits per heavy atom. The molecule has 1 heterocycles. The van der Waals surface area contributed by atoms with Gasteiger partial charge in [-0.1, -0.05) is 12.1 Å². The summed E-state index contributed by atoms with van der Waals surface area (Å²) in [7, 11) is -2.60. The van der Waals surface area contributed by atoms with Crippen LogP contribution in [0.25, 0.3) is 11.6 Å². The van der Waals surface area contributed by atoms with Crippen LogP contribution in [0.15, 0.2) is 47.4 Å². The van der Waals surface area contributed by atoms with Crippen molar-refractivity contribution in [2.75, 3.05) is 12.4 Å². The lowest BCUT2D eigenvalue weighted by atomic mass is 10.0. The first kappa shape index (κ1) is 19.6. The summed E-state index contributed by atoms with van der Waals surface area (Å²) >= 11 is 0. The average Bonchev–Trinajstić information content (AvgIpc) is 2.96. The third-order valence-electron chi connectivity index (χ3n) is 4.14. The van der Waals surface area contributed by atoms with Gasteiger partial charge in [0.05, 0.1) is 12.0 Å². The first-order valence-electron chi connectivity index (χ1n) is 8.24. The third kappa shape index (κ3) is 4.05. The monoisotopic (exact) mass is 402 g/mol. The van der Waals surface area contributed by atoms with Gasteiger partial charge in [0.1, 0.15) is 5.75 Å². The fourth-order valence-corrected chi connectivity index (χ4v) is 3.25. The molecular weight excluding hydrogens is 384 g/mol. The minimum atomic E-state index is -3.89. The number of methoxy groups -OCH3 is 1. The number of carbonyl (C=O) groups is 2. The number of hydrogen-bond acceptors (Lipinski definition) is 6. The molecule has 3 N–H and O–H groups in total. The zero-order valence-electron chi connectivity index (χ0n) is 15.1. The summed E-state index contributed by atoms with van der Waals surface area (Å²) in [6.45, 7) is 1.57. The molecule has 1 aliphatic heterocycles. The molecule has 28 heavy (non-hydrogen) atoms. The Morgan fingerprint density at radius 3 is 2.46 bits per heavy atom. The van der Waals surface area contributed by atoms with E-state index in [1.807, 2.05) is 0 Å². The van der Waals surface area contributed by atoms with Crippen LogP contribution in [0.2, 0.25) is 0 Å². The van der Waals surface area contributed by atoms with Crippen LogP contribution in [0.5, 0.6) is 5.75 Å². The number of amides is 1. The van der Waals surface area contributed by atoms with Crippen molar-refractivity contribution in [3.63, 3.8) is 0 Å². The van der Waals surface area contributed by atoms with E-state index in [1.54, 1.807) is 37.3 Å². The number of anilines is 1. The van der Waals surface area contributed by atoms with E-state index >= 15 is 0 Å². The molecule has 0 bridgehead atoms. The number of nitrogens with two attached hydrogens (primary N) is 1. The number of benzene rings is 2. The predicted octanol–water partition coefficient (Wildman–Crippen LogP) is 1.77. The maximum absolute atomic E-state index is 12.3. The van der Waals surface area contributed by atoms with Gasteiger partial charge in [-0.15, -0.1) is 0 Å². The number of sulfonamides is 1. The van der Waals surface area contributed by atoms with Gasteiger partial charge >= 0.3 is 5.97 Å². The summed E-state index contributed by atoms with van der Waals surface area (Å²) in [6, 6.07) is 10.9. The van der Waals surface area contributed by atoms with Gasteiger partial charge in [-0.2, -0.15) is 0 Å². The summed E-state index contributed by atoms with van der Waals surface area (Å²) in [5.41, 5.74) is 1.97. The van der Waals surface area contributed by atoms with Crippen molar-refractivity contribution < 1.29 is 27.5 Å². The number of fused-ring (bicyclic) bond motifs is 1. The van der Waals surface area contributed by atoms with Crippen LogP contribution < -0.4 is 15.2 Å². The standard InChI is InChI=1S/C19H18N2O6S/c1-11(19(23)26-2)27-13-5-3-12(4-6-13)9-16-15-10-14(28(20,24)25)7-8-17(15)21-18(16)22/h3-11H,1-2H3,(H,21,22)(H2,20,24,25)/b16-9+. The van der Waals surface area contributed by atoms with Gasteiger partial charge in [0.25, 0.3) is 5.91 Å². The maximum Gasteiger partial charge on any atom is 0.346 e. The summed E-state index contributed by atoms with van der Waals surface area (Å²) in [5.74, 6) is -0.370. The topological polar surface area (TPSA) is 125 Å². The number of rotatable bonds is 5. The van der Waals surface area contributed by atoms with E-state index in [4.69, 9.17) is 9.88 Å². The number of esters is 1. The van der Waals surface area contributed by atoms with Crippen LogP contribution in [-0.4, -0.2) is 33.5 Å². The molecule has 1 atom stereocenters. The van der Waals surface area contributed by atoms with Gasteiger partial charge in [-0.25, -0.2) is 18.4 Å². The second kappa shape index (κ2) is 7.45. The highest BCUT2D eigenvalue weighted by atomic mass is 32.2. The van der Waals surface area contributed by atoms with Gasteiger partial charge in [-0.3, -0.25) is 4.79 Å². The lowest BCUT2D eigenvalue weighted by Gasteiger charge is -2.12. The van der Waals surface area contributed by atoms with Crippen LogP contribution in [-0.2, 0) is 24.3 Å². The molecule has 0 radical (unpaired) electrons. The Balaban J connectivity index is 1.88. The van der Waals surface area contributed by atoms with Crippen LogP contribution in [0.1, 0.15) is 18.1 Å². The average molecular weight is 402 g/mol. The molecule has 2 aromatic carbocycles. The number of ether oxygens (including phenoxy) is 2. The van der Waals surface area contributed by atoms with E-state index in [9.17, 15) is 18.0 Å². The summed E-state index contributed by atoms with van der Waals surface area (Å²) in [4.78, 5) is 23.6. The highest BCUT2D eigenvalue weighted by molar-refractivity contribution is 7.89. The molecule has 1 unspecified atom stereocenters. The van der Waals surface area contributed by atoms with E-state index in [1.165, 1.54) is 25.3 Å². The Kier molecular flexibility index (Phi) is 5.21. The SMILES string of the molecule is COC(=O)C(C)Oc1ccc(/C=C2/C(=O)Nc3ccc(S(N)(=O)=O)cc32)cc1. The van der Waals surface area contributed by atoms with Gasteiger partial charge in [0, 0.05) is 16.8 Å². The molecule has 0 aliphatic carbocycles. The fraction of sp³-hybridized carbons (Fsp3) is 0.158. The molecule has 0 saturated carbocycles. The van der Waals surface area contributed by atoms with Crippen LogP contribution >= 0.6 is 0 Å². The Morgan fingerprint density at radius 1 is 1.18 bits per heavy atom. The second-order valence-electron chi connectivity index (χ2n) is 6.12. The minimum absolute atomic E-state index is 0.0748. The van der Waals surface area contributed by atoms with E-state index in [2.05, 4.69) is 10.1 Å². The lowest BCUT2D eigenvalue weighted by molar-refractivity contribution is -0.147. The van der Waals surface area contributed by atoms with Gasteiger partial charge in [0.15, 0.2) is 6.10 Å². The molecule has 9 heteroatoms. The minimum Gasteiger partial charge on any atom is -0.479 e. The van der Waals surface area contributed by atoms with Crippen molar-refractivity contribution in [2.45, 2.75) is 17.9 Å². The smallest absolute Gasteiger partial charge is 0.346 e. The van der Waals surface area contributed by atoms with E-state index in [0.29, 0.717) is 28.1 Å². The molecule has 0 spiro atoms. The normalized spacial score (nSPS) is 15.7. The largest absolute Gasteiger partial charge is 0.479 e. The second-order valence-corrected chi connectivity index (χ2v) is 7.68. The Labute approximate surface area is 162 Å². The highest BCUT2D eigenvalue weighted by Crippen LogP contribution is 2.34. The van der Waals surface area contributed by atoms with Crippen molar-refractivity contribution in [3.8, 4) is 5.75 Å².